The largest absolute Gasteiger partial charge is 0.694 e. The lowest BCUT2D eigenvalue weighted by atomic mass is 9.97. The van der Waals surface area contributed by atoms with Crippen LogP contribution in [0.3, 0.4) is 0 Å². The van der Waals surface area contributed by atoms with Gasteiger partial charge in [-0.25, -0.2) is 0 Å². The maximum atomic E-state index is 10.6. The fourth-order valence-corrected chi connectivity index (χ4v) is 6.73. The Labute approximate surface area is 293 Å². The molecule has 302 valence electrons. The highest BCUT2D eigenvalue weighted by molar-refractivity contribution is 7.39. The lowest BCUT2D eigenvalue weighted by Gasteiger charge is -2.45. The Hall–Kier alpha value is -0.470. The molecule has 52 heavy (non-hydrogen) atoms. The minimum absolute atomic E-state index is 0.130. The molecule has 0 aromatic carbocycles. The van der Waals surface area contributed by atoms with E-state index in [1.807, 2.05) is 0 Å². The maximum Gasteiger partial charge on any atom is 0.694 e. The van der Waals surface area contributed by atoms with Crippen molar-refractivity contribution in [1.82, 2.24) is 0 Å². The third-order valence-corrected chi connectivity index (χ3v) is 9.75. The van der Waals surface area contributed by atoms with E-state index in [0.717, 1.165) is 0 Å². The Morgan fingerprint density at radius 1 is 0.615 bits per heavy atom. The van der Waals surface area contributed by atoms with Crippen molar-refractivity contribution in [2.24, 2.45) is 0 Å². The second-order valence-corrected chi connectivity index (χ2v) is 13.9. The number of aliphatic hydroxyl groups excluding tert-OH is 8. The molecule has 6 heterocycles. The molecule has 6 aliphatic heterocycles. The van der Waals surface area contributed by atoms with Crippen LogP contribution >= 0.6 is 16.9 Å². The van der Waals surface area contributed by atoms with Crippen LogP contribution in [0.5, 0.6) is 0 Å². The predicted octanol–water partition coefficient (Wildman–Crippen LogP) is -9.15. The first kappa shape index (κ1) is 42.7. The summed E-state index contributed by atoms with van der Waals surface area (Å²) in [5.74, 6) is -5.56. The van der Waals surface area contributed by atoms with Crippen molar-refractivity contribution >= 4 is 16.9 Å². The highest BCUT2D eigenvalue weighted by Crippen LogP contribution is 2.40. The molecule has 0 radical (unpaired) electrons. The summed E-state index contributed by atoms with van der Waals surface area (Å²) in [5.41, 5.74) is 0. The minimum Gasteiger partial charge on any atom is -0.387 e. The van der Waals surface area contributed by atoms with Crippen LogP contribution in [0.25, 0.3) is 0 Å². The fourth-order valence-electron chi connectivity index (χ4n) is 6.18. The Morgan fingerprint density at radius 2 is 1.02 bits per heavy atom. The highest BCUT2D eigenvalue weighted by Gasteiger charge is 2.63. The summed E-state index contributed by atoms with van der Waals surface area (Å²) in [6, 6.07) is 0. The Kier molecular flexibility index (Phi) is 13.9. The van der Waals surface area contributed by atoms with Gasteiger partial charge in [0, 0.05) is 4.57 Å². The molecule has 0 spiro atoms. The van der Waals surface area contributed by atoms with Crippen molar-refractivity contribution in [3.8, 4) is 0 Å². The van der Waals surface area contributed by atoms with E-state index in [9.17, 15) is 65.8 Å². The topological polar surface area (TPSA) is 413 Å². The van der Waals surface area contributed by atoms with Gasteiger partial charge in [-0.05, 0) is 0 Å². The molecule has 15 N–H and O–H groups in total. The van der Waals surface area contributed by atoms with Gasteiger partial charge >= 0.3 is 16.9 Å². The summed E-state index contributed by atoms with van der Waals surface area (Å²) in [4.78, 5) is 26.2. The zero-order chi connectivity index (χ0) is 38.4. The molecular formula is C24H41O26P2+. The molecule has 0 aromatic heterocycles. The van der Waals surface area contributed by atoms with Gasteiger partial charge in [0.15, 0.2) is 12.6 Å². The van der Waals surface area contributed by atoms with Crippen LogP contribution in [0, 0.1) is 0 Å². The van der Waals surface area contributed by atoms with Gasteiger partial charge in [0.2, 0.25) is 24.2 Å². The normalized spacial score (nSPS) is 48.3. The van der Waals surface area contributed by atoms with E-state index in [2.05, 4.69) is 9.05 Å². The number of aliphatic hydroxyl groups is 12. The number of hydrogen-bond donors (Lipinski definition) is 15. The van der Waals surface area contributed by atoms with Crippen molar-refractivity contribution in [2.45, 2.75) is 122 Å². The zero-order valence-electron chi connectivity index (χ0n) is 26.3. The van der Waals surface area contributed by atoms with Gasteiger partial charge in [0.1, 0.15) is 92.1 Å². The average molecular weight is 808 g/mol. The number of fused-ring (bicyclic) bond motifs is 4. The quantitative estimate of drug-likeness (QED) is 0.0720. The second-order valence-electron chi connectivity index (χ2n) is 12.4. The molecule has 6 rings (SSSR count). The van der Waals surface area contributed by atoms with E-state index in [1.165, 1.54) is 0 Å². The monoisotopic (exact) mass is 807 g/mol. The van der Waals surface area contributed by atoms with Gasteiger partial charge in [-0.1, -0.05) is 0 Å². The lowest BCUT2D eigenvalue weighted by molar-refractivity contribution is -0.391. The summed E-state index contributed by atoms with van der Waals surface area (Å²) in [5, 5.41) is 118. The molecule has 26 nitrogen and oxygen atoms in total. The molecule has 6 aliphatic rings. The predicted molar refractivity (Wildman–Crippen MR) is 152 cm³/mol. The second kappa shape index (κ2) is 16.9. The Balaban J connectivity index is 0.000000201. The smallest absolute Gasteiger partial charge is 0.387 e. The van der Waals surface area contributed by atoms with E-state index >= 15 is 0 Å². The van der Waals surface area contributed by atoms with Crippen LogP contribution in [0.15, 0.2) is 0 Å². The van der Waals surface area contributed by atoms with Crippen LogP contribution < -0.4 is 0 Å². The molecule has 6 saturated heterocycles. The molecule has 0 aromatic rings. The lowest BCUT2D eigenvalue weighted by Crippen LogP contribution is -2.66. The summed E-state index contributed by atoms with van der Waals surface area (Å²) >= 11 is 0. The average Bonchev–Trinajstić information content (AvgIpc) is 3.61. The molecule has 9 unspecified atom stereocenters. The van der Waals surface area contributed by atoms with Gasteiger partial charge < -0.3 is 113 Å². The fraction of sp³-hybridized carbons (Fsp3) is 1.00. The molecule has 0 aliphatic carbocycles. The van der Waals surface area contributed by atoms with Crippen molar-refractivity contribution in [1.29, 1.82) is 0 Å². The van der Waals surface area contributed by atoms with Gasteiger partial charge in [-0.2, -0.15) is 0 Å². The van der Waals surface area contributed by atoms with Crippen molar-refractivity contribution < 1.29 is 127 Å². The first-order valence-corrected chi connectivity index (χ1v) is 17.6. The van der Waals surface area contributed by atoms with Gasteiger partial charge in [-0.3, -0.25) is 0 Å². The number of rotatable bonds is 10. The summed E-state index contributed by atoms with van der Waals surface area (Å²) in [7, 11) is -5.72. The SMILES string of the molecule is O=[P+](O)OCC1O[C@@H](O[C@@H]2C3COC2C(O)(O)[C@H](O)O3)[C@@H](O)C(O)[C@H]1O.OC1[C@@H](O)C(COP(O)O)O[C@@H](O[C@@H]2C3COC2C(O)(O)[C@H](O)O3)[C@H]1O. The molecular weight excluding hydrogens is 766 g/mol. The third-order valence-electron chi connectivity index (χ3n) is 9.00. The summed E-state index contributed by atoms with van der Waals surface area (Å²) < 4.78 is 61.4. The van der Waals surface area contributed by atoms with Crippen LogP contribution in [-0.4, -0.2) is 225 Å². The summed E-state index contributed by atoms with van der Waals surface area (Å²) in [6.07, 6.45) is -26.8. The van der Waals surface area contributed by atoms with Crippen molar-refractivity contribution in [3.05, 3.63) is 0 Å². The third kappa shape index (κ3) is 8.74. The van der Waals surface area contributed by atoms with E-state index in [1.54, 1.807) is 0 Å². The first-order chi connectivity index (χ1) is 24.2. The molecule has 6 fully saturated rings. The van der Waals surface area contributed by atoms with Crippen LogP contribution in [-0.2, 0) is 51.5 Å². The van der Waals surface area contributed by atoms with E-state index in [0.29, 0.717) is 0 Å². The molecule has 4 bridgehead atoms. The zero-order valence-corrected chi connectivity index (χ0v) is 28.1. The standard InChI is InChI=1S/C12H21O13P.C12H19O13P/c2*13-5-3(2-22-26(19)20)23-10(7(15)6(5)14)25-8-4-1-21-9(8)12(17,18)11(16)24-4/h3-11,13-20H,1-2H2;3-11,13-18H,1-2H2/p+1/t2*3?,4?,5-,6?,7-,8+,9?,10-,11+/m00/s1. The Bertz CT molecular complexity index is 1200. The van der Waals surface area contributed by atoms with Crippen LogP contribution in [0.1, 0.15) is 0 Å². The van der Waals surface area contributed by atoms with Gasteiger partial charge in [0.25, 0.3) is 0 Å². The van der Waals surface area contributed by atoms with Crippen LogP contribution in [0.2, 0.25) is 0 Å². The summed E-state index contributed by atoms with van der Waals surface area (Å²) in [6.45, 7) is -1.36. The van der Waals surface area contributed by atoms with E-state index in [-0.39, 0.29) is 13.2 Å². The minimum atomic E-state index is -2.98. The van der Waals surface area contributed by atoms with Crippen molar-refractivity contribution in [3.63, 3.8) is 0 Å². The molecule has 28 heteroatoms. The van der Waals surface area contributed by atoms with E-state index < -0.39 is 152 Å². The molecule has 19 atom stereocenters. The number of ether oxygens (including phenoxy) is 8. The van der Waals surface area contributed by atoms with Gasteiger partial charge in [0.05, 0.1) is 19.8 Å². The van der Waals surface area contributed by atoms with Gasteiger partial charge in [-0.15, -0.1) is 9.42 Å². The van der Waals surface area contributed by atoms with E-state index in [4.69, 9.17) is 52.6 Å². The van der Waals surface area contributed by atoms with Crippen LogP contribution in [0.4, 0.5) is 0 Å². The molecule has 0 amide bonds. The maximum absolute atomic E-state index is 10.6. The first-order valence-electron chi connectivity index (χ1n) is 15.3. The number of hydrogen-bond acceptors (Lipinski definition) is 25. The highest BCUT2D eigenvalue weighted by atomic mass is 31.2. The Morgan fingerprint density at radius 3 is 1.40 bits per heavy atom. The molecule has 0 saturated carbocycles. The van der Waals surface area contributed by atoms with Crippen molar-refractivity contribution in [2.75, 3.05) is 26.4 Å².